The molecule has 0 spiro atoms. The first-order valence-corrected chi connectivity index (χ1v) is 4.55. The molecule has 0 fully saturated rings. The topological polar surface area (TPSA) is 54.4 Å². The van der Waals surface area contributed by atoms with Crippen LogP contribution >= 0.6 is 11.6 Å². The number of benzene rings is 1. The second-order valence-corrected chi connectivity index (χ2v) is 3.79. The van der Waals surface area contributed by atoms with Crippen LogP contribution in [-0.4, -0.2) is 50.7 Å². The summed E-state index contributed by atoms with van der Waals surface area (Å²) < 4.78 is 29.4. The van der Waals surface area contributed by atoms with Gasteiger partial charge >= 0.3 is 37.7 Å². The Bertz CT molecular complexity index is 346. The summed E-state index contributed by atoms with van der Waals surface area (Å²) in [5.74, 6) is 0. The SMILES string of the molecule is O=S(=O)(O)c1ccc(Cl)cc1.[CaH2]. The van der Waals surface area contributed by atoms with Crippen LogP contribution in [0.1, 0.15) is 0 Å². The van der Waals surface area contributed by atoms with Crippen LogP contribution < -0.4 is 0 Å². The predicted octanol–water partition coefficient (Wildman–Crippen LogP) is 0.671. The summed E-state index contributed by atoms with van der Waals surface area (Å²) in [4.78, 5) is -0.151. The van der Waals surface area contributed by atoms with Crippen LogP contribution in [0.4, 0.5) is 0 Å². The summed E-state index contributed by atoms with van der Waals surface area (Å²) in [6.07, 6.45) is 0. The van der Waals surface area contributed by atoms with E-state index >= 15 is 0 Å². The van der Waals surface area contributed by atoms with Gasteiger partial charge in [0.05, 0.1) is 4.90 Å². The van der Waals surface area contributed by atoms with Crippen molar-refractivity contribution in [3.8, 4) is 0 Å². The first kappa shape index (κ1) is 12.7. The van der Waals surface area contributed by atoms with E-state index in [4.69, 9.17) is 16.2 Å². The summed E-state index contributed by atoms with van der Waals surface area (Å²) in [6.45, 7) is 0. The van der Waals surface area contributed by atoms with Crippen molar-refractivity contribution >= 4 is 59.5 Å². The van der Waals surface area contributed by atoms with E-state index in [9.17, 15) is 8.42 Å². The fraction of sp³-hybridized carbons (Fsp3) is 0. The molecule has 6 heteroatoms. The Morgan fingerprint density at radius 1 is 1.17 bits per heavy atom. The number of hydrogen-bond donors (Lipinski definition) is 1. The Balaban J connectivity index is 0.00000121. The predicted molar refractivity (Wildman–Crippen MR) is 49.8 cm³/mol. The summed E-state index contributed by atoms with van der Waals surface area (Å²) in [5.41, 5.74) is 0. The van der Waals surface area contributed by atoms with Crippen molar-refractivity contribution in [1.82, 2.24) is 0 Å². The van der Waals surface area contributed by atoms with E-state index in [1.165, 1.54) is 24.3 Å². The molecule has 64 valence electrons. The fourth-order valence-electron chi connectivity index (χ4n) is 0.607. The van der Waals surface area contributed by atoms with E-state index in [1.54, 1.807) is 0 Å². The quantitative estimate of drug-likeness (QED) is 0.574. The molecule has 0 aliphatic carbocycles. The van der Waals surface area contributed by atoms with Gasteiger partial charge in [-0.25, -0.2) is 0 Å². The van der Waals surface area contributed by atoms with Crippen molar-refractivity contribution < 1.29 is 13.0 Å². The Morgan fingerprint density at radius 3 is 1.92 bits per heavy atom. The third-order valence-electron chi connectivity index (χ3n) is 1.11. The standard InChI is InChI=1S/C6H5ClO3S.Ca.2H/c7-5-1-3-6(4-2-5)11(8,9)10;;;/h1-4H,(H,8,9,10);;;. The van der Waals surface area contributed by atoms with Crippen molar-refractivity contribution in [2.24, 2.45) is 0 Å². The Morgan fingerprint density at radius 2 is 1.58 bits per heavy atom. The van der Waals surface area contributed by atoms with E-state index in [1.807, 2.05) is 0 Å². The van der Waals surface area contributed by atoms with Crippen LogP contribution in [0.2, 0.25) is 5.02 Å². The molecule has 0 saturated carbocycles. The van der Waals surface area contributed by atoms with Gasteiger partial charge in [-0.15, -0.1) is 0 Å². The molecule has 1 rings (SSSR count). The summed E-state index contributed by atoms with van der Waals surface area (Å²) in [5, 5.41) is 0.428. The maximum atomic E-state index is 10.5. The van der Waals surface area contributed by atoms with Gasteiger partial charge in [0.2, 0.25) is 0 Å². The zero-order chi connectivity index (χ0) is 8.48. The van der Waals surface area contributed by atoms with E-state index in [0.29, 0.717) is 5.02 Å². The van der Waals surface area contributed by atoms with Gasteiger partial charge in [0, 0.05) is 5.02 Å². The third kappa shape index (κ3) is 3.60. The first-order chi connectivity index (χ1) is 5.00. The molecule has 12 heavy (non-hydrogen) atoms. The molecule has 0 radical (unpaired) electrons. The molecule has 0 aromatic heterocycles. The normalized spacial score (nSPS) is 10.5. The first-order valence-electron chi connectivity index (χ1n) is 2.73. The molecule has 1 aromatic carbocycles. The second kappa shape index (κ2) is 4.79. The molecule has 0 atom stereocenters. The molecule has 0 bridgehead atoms. The summed E-state index contributed by atoms with van der Waals surface area (Å²) in [7, 11) is -4.08. The van der Waals surface area contributed by atoms with Crippen LogP contribution in [0.25, 0.3) is 0 Å². The zero-order valence-electron chi connectivity index (χ0n) is 5.36. The van der Waals surface area contributed by atoms with Crippen molar-refractivity contribution in [3.05, 3.63) is 29.3 Å². The molecule has 0 amide bonds. The van der Waals surface area contributed by atoms with Gasteiger partial charge < -0.3 is 0 Å². The van der Waals surface area contributed by atoms with Crippen LogP contribution in [0.15, 0.2) is 29.2 Å². The van der Waals surface area contributed by atoms with E-state index < -0.39 is 10.1 Å². The average Bonchev–Trinajstić information content (AvgIpc) is 1.86. The van der Waals surface area contributed by atoms with E-state index in [2.05, 4.69) is 0 Å². The van der Waals surface area contributed by atoms with Crippen LogP contribution in [-0.2, 0) is 10.1 Å². The van der Waals surface area contributed by atoms with Crippen LogP contribution in [0.5, 0.6) is 0 Å². The molecule has 0 heterocycles. The van der Waals surface area contributed by atoms with Gasteiger partial charge in [-0.05, 0) is 24.3 Å². The van der Waals surface area contributed by atoms with Crippen molar-refractivity contribution in [1.29, 1.82) is 0 Å². The Kier molecular flexibility index (Phi) is 5.06. The Hall–Kier alpha value is 0.680. The monoisotopic (exact) mass is 234 g/mol. The Labute approximate surface area is 105 Å². The molecular weight excluding hydrogens is 228 g/mol. The van der Waals surface area contributed by atoms with Crippen molar-refractivity contribution in [3.63, 3.8) is 0 Å². The molecule has 1 aromatic rings. The van der Waals surface area contributed by atoms with Crippen LogP contribution in [0, 0.1) is 0 Å². The van der Waals surface area contributed by atoms with E-state index in [-0.39, 0.29) is 42.6 Å². The van der Waals surface area contributed by atoms with Gasteiger partial charge in [-0.3, -0.25) is 4.55 Å². The number of hydrogen-bond acceptors (Lipinski definition) is 2. The molecular formula is C6H7CaClO3S. The maximum absolute atomic E-state index is 10.5. The molecule has 0 unspecified atom stereocenters. The summed E-state index contributed by atoms with van der Waals surface area (Å²) in [6, 6.07) is 5.25. The second-order valence-electron chi connectivity index (χ2n) is 1.93. The molecule has 0 saturated heterocycles. The zero-order valence-corrected chi connectivity index (χ0v) is 6.93. The summed E-state index contributed by atoms with van der Waals surface area (Å²) >= 11 is 5.49. The van der Waals surface area contributed by atoms with Gasteiger partial charge in [0.1, 0.15) is 0 Å². The van der Waals surface area contributed by atoms with Crippen molar-refractivity contribution in [2.75, 3.05) is 0 Å². The van der Waals surface area contributed by atoms with Gasteiger partial charge in [-0.2, -0.15) is 8.42 Å². The van der Waals surface area contributed by atoms with Crippen molar-refractivity contribution in [2.45, 2.75) is 4.90 Å². The number of rotatable bonds is 1. The molecule has 3 nitrogen and oxygen atoms in total. The third-order valence-corrected chi connectivity index (χ3v) is 2.23. The minimum absolute atomic E-state index is 0. The number of halogens is 1. The fourth-order valence-corrected chi connectivity index (χ4v) is 1.21. The average molecular weight is 235 g/mol. The van der Waals surface area contributed by atoms with E-state index in [0.717, 1.165) is 0 Å². The molecule has 0 aliphatic heterocycles. The molecule has 1 N–H and O–H groups in total. The van der Waals surface area contributed by atoms with Gasteiger partial charge in [-0.1, -0.05) is 11.6 Å². The van der Waals surface area contributed by atoms with Gasteiger partial charge in [0.25, 0.3) is 10.1 Å². The minimum atomic E-state index is -4.08. The molecule has 0 aliphatic rings. The van der Waals surface area contributed by atoms with Crippen LogP contribution in [0.3, 0.4) is 0 Å². The van der Waals surface area contributed by atoms with Gasteiger partial charge in [0.15, 0.2) is 0 Å².